The Hall–Kier alpha value is -3.98. The number of methoxy groups -OCH3 is 1. The molecule has 2 amide bonds. The number of carbonyl (C=O) groups excluding carboxylic acids is 2. The van der Waals surface area contributed by atoms with Crippen LogP contribution in [0.15, 0.2) is 42.7 Å². The number of amides is 2. The highest BCUT2D eigenvalue weighted by atomic mass is 16.5. The van der Waals surface area contributed by atoms with Crippen molar-refractivity contribution in [1.82, 2.24) is 31.2 Å². The van der Waals surface area contributed by atoms with Crippen LogP contribution < -0.4 is 26.0 Å². The van der Waals surface area contributed by atoms with Crippen LogP contribution in [0.3, 0.4) is 0 Å². The van der Waals surface area contributed by atoms with E-state index in [2.05, 4.69) is 37.3 Å². The van der Waals surface area contributed by atoms with Gasteiger partial charge in [0.1, 0.15) is 29.8 Å². The van der Waals surface area contributed by atoms with E-state index in [4.69, 9.17) is 4.74 Å². The van der Waals surface area contributed by atoms with Crippen molar-refractivity contribution in [2.24, 2.45) is 11.8 Å². The summed E-state index contributed by atoms with van der Waals surface area (Å²) in [5.41, 5.74) is 3.37. The third-order valence-electron chi connectivity index (χ3n) is 8.80. The van der Waals surface area contributed by atoms with Crippen LogP contribution in [0.2, 0.25) is 0 Å². The van der Waals surface area contributed by atoms with Crippen molar-refractivity contribution in [3.63, 3.8) is 0 Å². The highest BCUT2D eigenvalue weighted by Gasteiger charge is 2.36. The summed E-state index contributed by atoms with van der Waals surface area (Å²) in [6.45, 7) is 4.65. The molecule has 0 saturated carbocycles. The molecule has 6 unspecified atom stereocenters. The van der Waals surface area contributed by atoms with Gasteiger partial charge < -0.3 is 25.5 Å². The van der Waals surface area contributed by atoms with E-state index in [9.17, 15) is 20.0 Å². The molecule has 0 bridgehead atoms. The van der Waals surface area contributed by atoms with E-state index in [1.807, 2.05) is 44.3 Å². The maximum atomic E-state index is 13.9. The van der Waals surface area contributed by atoms with Crippen molar-refractivity contribution in [3.8, 4) is 11.8 Å². The van der Waals surface area contributed by atoms with Crippen LogP contribution in [0.4, 0.5) is 0 Å². The van der Waals surface area contributed by atoms with Crippen molar-refractivity contribution in [2.45, 2.75) is 82.8 Å². The lowest BCUT2D eigenvalue weighted by Gasteiger charge is -2.33. The molecule has 11 heteroatoms. The number of benzene rings is 1. The third-order valence-corrected chi connectivity index (χ3v) is 8.80. The minimum absolute atomic E-state index is 0.0757. The lowest BCUT2D eigenvalue weighted by molar-refractivity contribution is -0.124. The second kappa shape index (κ2) is 14.2. The number of aliphatic hydroxyl groups is 1. The zero-order valence-corrected chi connectivity index (χ0v) is 25.6. The smallest absolute Gasteiger partial charge is 0.268 e. The fourth-order valence-electron chi connectivity index (χ4n) is 6.50. The minimum atomic E-state index is -0.830. The van der Waals surface area contributed by atoms with Gasteiger partial charge in [-0.2, -0.15) is 5.26 Å². The summed E-state index contributed by atoms with van der Waals surface area (Å²) in [6.07, 6.45) is 7.28. The highest BCUT2D eigenvalue weighted by Crippen LogP contribution is 2.30. The fraction of sp³-hybridized carbons (Fsp3) is 0.515. The molecule has 11 nitrogen and oxygen atoms in total. The molecule has 1 aliphatic carbocycles. The van der Waals surface area contributed by atoms with Crippen molar-refractivity contribution >= 4 is 22.7 Å². The molecule has 44 heavy (non-hydrogen) atoms. The van der Waals surface area contributed by atoms with Gasteiger partial charge in [-0.3, -0.25) is 25.2 Å². The van der Waals surface area contributed by atoms with Gasteiger partial charge in [0, 0.05) is 35.3 Å². The predicted octanol–water partition coefficient (Wildman–Crippen LogP) is 3.08. The van der Waals surface area contributed by atoms with E-state index in [0.29, 0.717) is 30.8 Å². The first-order chi connectivity index (χ1) is 21.3. The first kappa shape index (κ1) is 31.4. The van der Waals surface area contributed by atoms with Crippen molar-refractivity contribution in [3.05, 3.63) is 59.5 Å². The Morgan fingerprint density at radius 2 is 2.07 bits per heavy atom. The summed E-state index contributed by atoms with van der Waals surface area (Å²) in [5.74, 6) is -0.134. The van der Waals surface area contributed by atoms with Crippen LogP contribution in [-0.2, 0) is 11.2 Å². The molecular formula is C33H43N7O4. The van der Waals surface area contributed by atoms with Crippen LogP contribution in [0.25, 0.3) is 10.9 Å². The van der Waals surface area contributed by atoms with Crippen LogP contribution >= 0.6 is 0 Å². The van der Waals surface area contributed by atoms with E-state index >= 15 is 0 Å². The zero-order valence-electron chi connectivity index (χ0n) is 25.6. The monoisotopic (exact) mass is 601 g/mol. The topological polar surface area (TPSA) is 164 Å². The first-order valence-corrected chi connectivity index (χ1v) is 15.5. The molecule has 6 N–H and O–H groups in total. The van der Waals surface area contributed by atoms with Crippen molar-refractivity contribution in [1.29, 1.82) is 5.26 Å². The highest BCUT2D eigenvalue weighted by molar-refractivity contribution is 6.01. The number of pyridine rings is 1. The van der Waals surface area contributed by atoms with Gasteiger partial charge in [-0.15, -0.1) is 0 Å². The van der Waals surface area contributed by atoms with Gasteiger partial charge in [0.25, 0.3) is 5.91 Å². The number of hydrogen-bond donors (Lipinski definition) is 6. The molecular weight excluding hydrogens is 558 g/mol. The van der Waals surface area contributed by atoms with E-state index in [0.717, 1.165) is 42.1 Å². The molecule has 6 atom stereocenters. The number of ether oxygens (including phenoxy) is 1. The molecule has 1 aliphatic heterocycles. The quantitative estimate of drug-likeness (QED) is 0.184. The minimum Gasteiger partial charge on any atom is -0.496 e. The van der Waals surface area contributed by atoms with E-state index < -0.39 is 30.3 Å². The standard InChI is InChI=1S/C33H43N7O4/c1-19(2)14-27(40-33(43)28-16-22-24(37-28)8-5-9-30(22)44-3)32(42)39-26(15-21-11-13-36-31(21)41)29(17-34)38-25-7-4-6-20-10-12-35-18-23(20)25/h5,8-10,12,16,18-19,21,25-27,29,31,36-38,41H,4,6-7,11,13-15H2,1-3H3,(H,39,42)(H,40,43). The number of fused-ring (bicyclic) bond motifs is 2. The molecule has 1 aromatic carbocycles. The summed E-state index contributed by atoms with van der Waals surface area (Å²) >= 11 is 0. The Balaban J connectivity index is 1.36. The summed E-state index contributed by atoms with van der Waals surface area (Å²) in [4.78, 5) is 34.8. The van der Waals surface area contributed by atoms with Gasteiger partial charge in [0.15, 0.2) is 0 Å². The number of nitriles is 1. The SMILES string of the molecule is COc1cccc2[nH]c(C(=O)NC(CC(C)C)C(=O)NC(CC3CCNC3O)C(C#N)NC3CCCc4ccncc43)cc12. The number of nitrogens with one attached hydrogen (secondary N) is 5. The van der Waals surface area contributed by atoms with Crippen LogP contribution in [0.1, 0.15) is 73.6 Å². The van der Waals surface area contributed by atoms with E-state index in [1.165, 1.54) is 5.56 Å². The first-order valence-electron chi connectivity index (χ1n) is 15.5. The normalized spacial score (nSPS) is 21.7. The van der Waals surface area contributed by atoms with Crippen molar-refractivity contribution in [2.75, 3.05) is 13.7 Å². The molecule has 2 aliphatic rings. The molecule has 1 fully saturated rings. The molecule has 0 spiro atoms. The molecule has 0 radical (unpaired) electrons. The lowest BCUT2D eigenvalue weighted by Crippen LogP contribution is -2.56. The predicted molar refractivity (Wildman–Crippen MR) is 167 cm³/mol. The Morgan fingerprint density at radius 1 is 1.23 bits per heavy atom. The largest absolute Gasteiger partial charge is 0.496 e. The zero-order chi connectivity index (χ0) is 31.2. The number of aryl methyl sites for hydroxylation is 1. The van der Waals surface area contributed by atoms with Gasteiger partial charge in [-0.1, -0.05) is 19.9 Å². The summed E-state index contributed by atoms with van der Waals surface area (Å²) in [6, 6.07) is 9.43. The lowest BCUT2D eigenvalue weighted by atomic mass is 9.87. The van der Waals surface area contributed by atoms with E-state index in [-0.39, 0.29) is 23.8 Å². The average Bonchev–Trinajstić information content (AvgIpc) is 3.65. The number of aromatic amines is 1. The van der Waals surface area contributed by atoms with Gasteiger partial charge in [0.2, 0.25) is 5.91 Å². The number of H-pyrrole nitrogens is 1. The molecule has 1 saturated heterocycles. The third kappa shape index (κ3) is 7.21. The number of nitrogens with zero attached hydrogens (tertiary/aromatic N) is 2. The van der Waals surface area contributed by atoms with Crippen LogP contribution in [-0.4, -0.2) is 64.9 Å². The molecule has 5 rings (SSSR count). The Kier molecular flexibility index (Phi) is 10.1. The number of hydrogen-bond acceptors (Lipinski definition) is 8. The Labute approximate surface area is 258 Å². The van der Waals surface area contributed by atoms with Crippen LogP contribution in [0, 0.1) is 23.2 Å². The molecule has 3 aromatic rings. The summed E-state index contributed by atoms with van der Waals surface area (Å²) in [5, 5.41) is 34.3. The van der Waals surface area contributed by atoms with Crippen LogP contribution in [0.5, 0.6) is 5.75 Å². The van der Waals surface area contributed by atoms with Gasteiger partial charge in [0.05, 0.1) is 19.2 Å². The second-order valence-electron chi connectivity index (χ2n) is 12.4. The maximum Gasteiger partial charge on any atom is 0.268 e. The van der Waals surface area contributed by atoms with Gasteiger partial charge in [-0.25, -0.2) is 0 Å². The molecule has 2 aromatic heterocycles. The number of aliphatic hydroxyl groups excluding tert-OH is 1. The Morgan fingerprint density at radius 3 is 2.80 bits per heavy atom. The average molecular weight is 602 g/mol. The summed E-state index contributed by atoms with van der Waals surface area (Å²) in [7, 11) is 1.58. The van der Waals surface area contributed by atoms with E-state index in [1.54, 1.807) is 19.4 Å². The number of carbonyl (C=O) groups is 2. The second-order valence-corrected chi connectivity index (χ2v) is 12.4. The van der Waals surface area contributed by atoms with Gasteiger partial charge >= 0.3 is 0 Å². The number of rotatable bonds is 12. The van der Waals surface area contributed by atoms with Gasteiger partial charge in [-0.05, 0) is 86.4 Å². The fourth-order valence-corrected chi connectivity index (χ4v) is 6.50. The summed E-state index contributed by atoms with van der Waals surface area (Å²) < 4.78 is 5.43. The van der Waals surface area contributed by atoms with Crippen molar-refractivity contribution < 1.29 is 19.4 Å². The molecule has 234 valence electrons. The molecule has 3 heterocycles. The maximum absolute atomic E-state index is 13.9. The Bertz CT molecular complexity index is 1500. The number of aromatic nitrogens is 2.